The molecule has 1 N–H and O–H groups in total. The standard InChI is InChI=1S/C27H35N8O6P/c1-18(2)35(19(3)4)42(39-15-9-13-28)41-23-22(38-5)25(40-26(23)34-17-29-16-30-34)33-14-12-21(32-27(33)37)31-24(36)20-10-7-6-8-11-20/h6-8,10-12,14,16-19,22-23,25-26H,9,15H2,1-5H3,(H,31,32,36,37)/t22-,23-,25-,26-,42?/m1/s1. The summed E-state index contributed by atoms with van der Waals surface area (Å²) in [7, 11) is -0.188. The highest BCUT2D eigenvalue weighted by Crippen LogP contribution is 2.52. The molecule has 1 unspecified atom stereocenters. The van der Waals surface area contributed by atoms with Crippen molar-refractivity contribution in [3.05, 3.63) is 71.3 Å². The zero-order valence-corrected chi connectivity index (χ0v) is 25.0. The van der Waals surface area contributed by atoms with E-state index in [1.807, 2.05) is 27.7 Å². The fourth-order valence-corrected chi connectivity index (χ4v) is 6.36. The van der Waals surface area contributed by atoms with Crippen LogP contribution in [0.3, 0.4) is 0 Å². The van der Waals surface area contributed by atoms with E-state index in [2.05, 4.69) is 31.1 Å². The molecule has 3 heterocycles. The molecule has 0 saturated carbocycles. The van der Waals surface area contributed by atoms with Gasteiger partial charge in [-0.1, -0.05) is 18.2 Å². The van der Waals surface area contributed by atoms with E-state index in [9.17, 15) is 9.59 Å². The number of carbonyl (C=O) groups excluding carboxylic acids is 1. The Bertz CT molecular complexity index is 1390. The summed E-state index contributed by atoms with van der Waals surface area (Å²) in [6, 6.07) is 12.3. The predicted molar refractivity (Wildman–Crippen MR) is 153 cm³/mol. The van der Waals surface area contributed by atoms with Gasteiger partial charge in [-0.2, -0.15) is 15.3 Å². The molecule has 1 aromatic carbocycles. The van der Waals surface area contributed by atoms with Crippen LogP contribution in [0.25, 0.3) is 0 Å². The largest absolute Gasteiger partial charge is 0.374 e. The van der Waals surface area contributed by atoms with Gasteiger partial charge in [-0.3, -0.25) is 9.36 Å². The number of benzene rings is 1. The molecule has 224 valence electrons. The number of aromatic nitrogens is 5. The average molecular weight is 599 g/mol. The van der Waals surface area contributed by atoms with Crippen LogP contribution in [0.1, 0.15) is 56.9 Å². The molecule has 1 amide bonds. The topological polar surface area (TPSA) is 159 Å². The van der Waals surface area contributed by atoms with Crippen molar-refractivity contribution in [2.24, 2.45) is 0 Å². The molecule has 15 heteroatoms. The van der Waals surface area contributed by atoms with E-state index in [1.165, 1.54) is 41.3 Å². The maximum Gasteiger partial charge on any atom is 0.351 e. The maximum atomic E-state index is 13.2. The summed E-state index contributed by atoms with van der Waals surface area (Å²) in [6.45, 7) is 8.32. The zero-order chi connectivity index (χ0) is 30.2. The van der Waals surface area contributed by atoms with Crippen LogP contribution < -0.4 is 11.0 Å². The van der Waals surface area contributed by atoms with Crippen molar-refractivity contribution >= 4 is 20.3 Å². The molecule has 5 atom stereocenters. The molecule has 0 radical (unpaired) electrons. The number of carbonyl (C=O) groups is 1. The van der Waals surface area contributed by atoms with Crippen LogP contribution in [-0.4, -0.2) is 72.9 Å². The van der Waals surface area contributed by atoms with Crippen LogP contribution in [0.15, 0.2) is 60.0 Å². The van der Waals surface area contributed by atoms with Gasteiger partial charge in [0.25, 0.3) is 14.4 Å². The van der Waals surface area contributed by atoms with Crippen LogP contribution in [0.5, 0.6) is 0 Å². The summed E-state index contributed by atoms with van der Waals surface area (Å²) in [5.74, 6) is -0.298. The number of hydrogen-bond donors (Lipinski definition) is 1. The molecule has 1 aliphatic rings. The van der Waals surface area contributed by atoms with Crippen molar-refractivity contribution in [1.82, 2.24) is 29.0 Å². The second-order valence-electron chi connectivity index (χ2n) is 9.93. The Morgan fingerprint density at radius 1 is 1.17 bits per heavy atom. The first kappa shape index (κ1) is 31.4. The number of nitriles is 1. The Hall–Kier alpha value is -3.57. The lowest BCUT2D eigenvalue weighted by Crippen LogP contribution is -2.40. The Labute approximate surface area is 245 Å². The van der Waals surface area contributed by atoms with Crippen LogP contribution >= 0.6 is 8.53 Å². The quantitative estimate of drug-likeness (QED) is 0.227. The third kappa shape index (κ3) is 7.25. The first-order valence-corrected chi connectivity index (χ1v) is 14.6. The molecule has 1 saturated heterocycles. The normalized spacial score (nSPS) is 21.1. The SMILES string of the molecule is CO[C@@H]1[C@@H](OP(OCCC#N)N(C(C)C)C(C)C)[C@H](n2cncn2)O[C@H]1n1ccc(NC(=O)c2ccccc2)nc1=O. The van der Waals surface area contributed by atoms with Gasteiger partial charge in [0.1, 0.15) is 30.7 Å². The number of anilines is 1. The van der Waals surface area contributed by atoms with Gasteiger partial charge < -0.3 is 23.8 Å². The Morgan fingerprint density at radius 2 is 1.90 bits per heavy atom. The maximum absolute atomic E-state index is 13.2. The monoisotopic (exact) mass is 598 g/mol. The fraction of sp³-hybridized carbons (Fsp3) is 0.481. The minimum absolute atomic E-state index is 0.0626. The summed E-state index contributed by atoms with van der Waals surface area (Å²) in [5.41, 5.74) is -0.229. The molecule has 0 aliphatic carbocycles. The van der Waals surface area contributed by atoms with E-state index >= 15 is 0 Å². The lowest BCUT2D eigenvalue weighted by atomic mass is 10.2. The van der Waals surface area contributed by atoms with Crippen LogP contribution in [-0.2, 0) is 18.5 Å². The van der Waals surface area contributed by atoms with Crippen molar-refractivity contribution in [3.8, 4) is 6.07 Å². The van der Waals surface area contributed by atoms with Gasteiger partial charge in [0, 0.05) is 31.0 Å². The first-order chi connectivity index (χ1) is 20.2. The molecule has 42 heavy (non-hydrogen) atoms. The van der Waals surface area contributed by atoms with E-state index in [-0.39, 0.29) is 30.9 Å². The molecule has 1 aliphatic heterocycles. The molecule has 0 spiro atoms. The van der Waals surface area contributed by atoms with Gasteiger partial charge in [0.15, 0.2) is 12.5 Å². The fourth-order valence-electron chi connectivity index (χ4n) is 4.62. The van der Waals surface area contributed by atoms with Gasteiger partial charge in [-0.05, 0) is 45.9 Å². The third-order valence-electron chi connectivity index (χ3n) is 6.39. The Kier molecular flexibility index (Phi) is 10.9. The number of rotatable bonds is 13. The van der Waals surface area contributed by atoms with Gasteiger partial charge >= 0.3 is 5.69 Å². The van der Waals surface area contributed by atoms with E-state index in [4.69, 9.17) is 23.8 Å². The average Bonchev–Trinajstić information content (AvgIpc) is 3.61. The molecule has 4 rings (SSSR count). The highest BCUT2D eigenvalue weighted by atomic mass is 31.2. The lowest BCUT2D eigenvalue weighted by molar-refractivity contribution is -0.0764. The molecular weight excluding hydrogens is 563 g/mol. The van der Waals surface area contributed by atoms with E-state index in [0.29, 0.717) is 5.56 Å². The predicted octanol–water partition coefficient (Wildman–Crippen LogP) is 3.49. The Balaban J connectivity index is 1.63. The van der Waals surface area contributed by atoms with Crippen molar-refractivity contribution in [2.75, 3.05) is 19.0 Å². The number of methoxy groups -OCH3 is 1. The second-order valence-corrected chi connectivity index (χ2v) is 11.3. The first-order valence-electron chi connectivity index (χ1n) is 13.5. The minimum atomic E-state index is -1.68. The van der Waals surface area contributed by atoms with Crippen molar-refractivity contribution in [2.45, 2.75) is 70.9 Å². The highest BCUT2D eigenvalue weighted by molar-refractivity contribution is 7.44. The van der Waals surface area contributed by atoms with E-state index in [1.54, 1.807) is 30.3 Å². The number of nitrogens with one attached hydrogen (secondary N) is 1. The van der Waals surface area contributed by atoms with Crippen molar-refractivity contribution in [3.63, 3.8) is 0 Å². The summed E-state index contributed by atoms with van der Waals surface area (Å²) >= 11 is 0. The summed E-state index contributed by atoms with van der Waals surface area (Å²) in [5, 5.41) is 16.0. The van der Waals surface area contributed by atoms with E-state index in [0.717, 1.165) is 0 Å². The smallest absolute Gasteiger partial charge is 0.351 e. The second kappa shape index (κ2) is 14.6. The van der Waals surface area contributed by atoms with Gasteiger partial charge in [-0.15, -0.1) is 0 Å². The summed E-state index contributed by atoms with van der Waals surface area (Å²) in [4.78, 5) is 33.9. The molecule has 2 aromatic heterocycles. The molecule has 0 bridgehead atoms. The summed E-state index contributed by atoms with van der Waals surface area (Å²) < 4.78 is 29.8. The van der Waals surface area contributed by atoms with E-state index < -0.39 is 44.8 Å². The Morgan fingerprint density at radius 3 is 2.50 bits per heavy atom. The number of nitrogens with zero attached hydrogens (tertiary/aromatic N) is 7. The minimum Gasteiger partial charge on any atom is -0.374 e. The molecule has 3 aromatic rings. The highest BCUT2D eigenvalue weighted by Gasteiger charge is 2.51. The third-order valence-corrected chi connectivity index (χ3v) is 8.52. The van der Waals surface area contributed by atoms with Crippen LogP contribution in [0.4, 0.5) is 5.82 Å². The van der Waals surface area contributed by atoms with Crippen LogP contribution in [0.2, 0.25) is 0 Å². The summed E-state index contributed by atoms with van der Waals surface area (Å²) in [6.07, 6.45) is 1.15. The lowest BCUT2D eigenvalue weighted by Gasteiger charge is -2.38. The van der Waals surface area contributed by atoms with Crippen molar-refractivity contribution in [1.29, 1.82) is 5.26 Å². The molecule has 1 fully saturated rings. The number of hydrogen-bond acceptors (Lipinski definition) is 11. The van der Waals surface area contributed by atoms with Gasteiger partial charge in [-0.25, -0.2) is 19.1 Å². The van der Waals surface area contributed by atoms with Crippen molar-refractivity contribution < 1.29 is 23.3 Å². The van der Waals surface area contributed by atoms with Gasteiger partial charge in [0.2, 0.25) is 0 Å². The zero-order valence-electron chi connectivity index (χ0n) is 24.1. The molecular formula is C27H35N8O6P. The number of amides is 1. The molecule has 14 nitrogen and oxygen atoms in total. The van der Waals surface area contributed by atoms with Gasteiger partial charge in [0.05, 0.1) is 19.1 Å². The number of ether oxygens (including phenoxy) is 2. The van der Waals surface area contributed by atoms with Crippen LogP contribution in [0, 0.1) is 11.3 Å².